The number of halogens is 3. The summed E-state index contributed by atoms with van der Waals surface area (Å²) in [6.45, 7) is 0. The maximum Gasteiger partial charge on any atom is 0.573 e. The summed E-state index contributed by atoms with van der Waals surface area (Å²) in [5, 5.41) is 2.40. The summed E-state index contributed by atoms with van der Waals surface area (Å²) in [7, 11) is 0. The maximum absolute atomic E-state index is 12.2. The molecule has 10 heteroatoms. The van der Waals surface area contributed by atoms with Crippen LogP contribution in [0.4, 0.5) is 18.9 Å². The number of ether oxygens (including phenoxy) is 1. The number of anilines is 1. The van der Waals surface area contributed by atoms with Gasteiger partial charge in [0.1, 0.15) is 17.3 Å². The van der Waals surface area contributed by atoms with Crippen LogP contribution in [0, 0.1) is 0 Å². The third-order valence-corrected chi connectivity index (χ3v) is 2.97. The monoisotopic (exact) mass is 320 g/mol. The smallest absolute Gasteiger partial charge is 0.406 e. The first-order chi connectivity index (χ1) is 9.69. The lowest BCUT2D eigenvalue weighted by Crippen LogP contribution is -2.53. The van der Waals surface area contributed by atoms with E-state index in [-0.39, 0.29) is 17.2 Å². The molecule has 1 unspecified atom stereocenters. The molecule has 0 aliphatic carbocycles. The summed E-state index contributed by atoms with van der Waals surface area (Å²) in [4.78, 5) is 12.7. The second-order valence-corrected chi connectivity index (χ2v) is 4.55. The van der Waals surface area contributed by atoms with Crippen LogP contribution in [0.1, 0.15) is 0 Å². The fourth-order valence-electron chi connectivity index (χ4n) is 1.75. The number of amides is 1. The van der Waals surface area contributed by atoms with Gasteiger partial charge in [0.05, 0.1) is 0 Å². The molecule has 1 heterocycles. The van der Waals surface area contributed by atoms with Crippen molar-refractivity contribution in [3.05, 3.63) is 35.8 Å². The Morgan fingerprint density at radius 2 is 2.00 bits per heavy atom. The molecular formula is C11H11F3N4O2S. The van der Waals surface area contributed by atoms with Crippen molar-refractivity contribution in [2.75, 3.05) is 4.90 Å². The highest BCUT2D eigenvalue weighted by Gasteiger charge is 2.32. The lowest BCUT2D eigenvalue weighted by Gasteiger charge is -2.35. The van der Waals surface area contributed by atoms with Crippen LogP contribution in [-0.4, -0.2) is 17.8 Å². The van der Waals surface area contributed by atoms with Crippen molar-refractivity contribution in [2.24, 2.45) is 11.5 Å². The van der Waals surface area contributed by atoms with Gasteiger partial charge in [0, 0.05) is 11.8 Å². The first kappa shape index (κ1) is 15.2. The van der Waals surface area contributed by atoms with E-state index in [9.17, 15) is 18.0 Å². The summed E-state index contributed by atoms with van der Waals surface area (Å²) in [6, 6.07) is 5.06. The molecular weight excluding hydrogens is 309 g/mol. The number of carbonyl (C=O) groups excluding carboxylic acids is 1. The van der Waals surface area contributed by atoms with Crippen LogP contribution < -0.4 is 26.4 Å². The third-order valence-electron chi connectivity index (χ3n) is 2.61. The SMILES string of the molecule is NC1=C(N)N(c2cccc(OC(F)(F)F)c2)C(S)NC1=O. The Morgan fingerprint density at radius 1 is 1.33 bits per heavy atom. The van der Waals surface area contributed by atoms with Crippen LogP contribution in [0.5, 0.6) is 5.75 Å². The van der Waals surface area contributed by atoms with E-state index >= 15 is 0 Å². The molecule has 1 aromatic carbocycles. The molecule has 0 saturated heterocycles. The second kappa shape index (κ2) is 5.28. The number of alkyl halides is 3. The number of nitrogens with one attached hydrogen (secondary N) is 1. The van der Waals surface area contributed by atoms with Crippen molar-refractivity contribution in [1.29, 1.82) is 0 Å². The van der Waals surface area contributed by atoms with E-state index in [1.165, 1.54) is 17.0 Å². The van der Waals surface area contributed by atoms with Gasteiger partial charge in [0.25, 0.3) is 5.91 Å². The number of nitrogens with two attached hydrogens (primary N) is 2. The van der Waals surface area contributed by atoms with Gasteiger partial charge in [0.15, 0.2) is 5.50 Å². The summed E-state index contributed by atoms with van der Waals surface area (Å²) < 4.78 is 40.5. The standard InChI is InChI=1S/C11H11F3N4O2S/c12-11(13,14)20-6-3-1-2-5(4-6)18-8(16)7(15)9(19)17-10(18)21/h1-4,10,21H,15-16H2,(H,17,19). The number of thiol groups is 1. The van der Waals surface area contributed by atoms with Crippen LogP contribution in [0.2, 0.25) is 0 Å². The lowest BCUT2D eigenvalue weighted by atomic mass is 10.2. The van der Waals surface area contributed by atoms with E-state index in [4.69, 9.17) is 11.5 Å². The summed E-state index contributed by atoms with van der Waals surface area (Å²) in [6.07, 6.45) is -4.81. The third kappa shape index (κ3) is 3.27. The van der Waals surface area contributed by atoms with Crippen molar-refractivity contribution >= 4 is 24.2 Å². The second-order valence-electron chi connectivity index (χ2n) is 4.06. The normalized spacial score (nSPS) is 19.5. The molecule has 6 nitrogen and oxygen atoms in total. The Morgan fingerprint density at radius 3 is 2.62 bits per heavy atom. The van der Waals surface area contributed by atoms with Gasteiger partial charge >= 0.3 is 6.36 Å². The number of benzene rings is 1. The molecule has 0 radical (unpaired) electrons. The van der Waals surface area contributed by atoms with Gasteiger partial charge in [-0.05, 0) is 12.1 Å². The van der Waals surface area contributed by atoms with E-state index in [1.54, 1.807) is 0 Å². The van der Waals surface area contributed by atoms with Crippen molar-refractivity contribution in [3.8, 4) is 5.75 Å². The molecule has 1 aliphatic heterocycles. The molecule has 1 aliphatic rings. The first-order valence-corrected chi connectivity index (χ1v) is 6.10. The highest BCUT2D eigenvalue weighted by atomic mass is 32.1. The minimum absolute atomic E-state index is 0.108. The Hall–Kier alpha value is -2.23. The first-order valence-electron chi connectivity index (χ1n) is 5.58. The van der Waals surface area contributed by atoms with Gasteiger partial charge < -0.3 is 21.5 Å². The zero-order chi connectivity index (χ0) is 15.8. The average Bonchev–Trinajstić information content (AvgIpc) is 2.34. The van der Waals surface area contributed by atoms with Gasteiger partial charge in [0.2, 0.25) is 0 Å². The van der Waals surface area contributed by atoms with Crippen molar-refractivity contribution in [3.63, 3.8) is 0 Å². The molecule has 1 atom stereocenters. The molecule has 0 saturated carbocycles. The van der Waals surface area contributed by atoms with Crippen LogP contribution in [0.3, 0.4) is 0 Å². The lowest BCUT2D eigenvalue weighted by molar-refractivity contribution is -0.274. The molecule has 0 aromatic heterocycles. The fraction of sp³-hybridized carbons (Fsp3) is 0.182. The molecule has 2 rings (SSSR count). The number of rotatable bonds is 2. The van der Waals surface area contributed by atoms with E-state index in [0.717, 1.165) is 12.1 Å². The molecule has 1 amide bonds. The van der Waals surface area contributed by atoms with E-state index in [2.05, 4.69) is 22.7 Å². The number of carbonyl (C=O) groups is 1. The van der Waals surface area contributed by atoms with Crippen LogP contribution >= 0.6 is 12.6 Å². The summed E-state index contributed by atoms with van der Waals surface area (Å²) in [5.41, 5.74) is 10.3. The topological polar surface area (TPSA) is 93.6 Å². The zero-order valence-electron chi connectivity index (χ0n) is 10.4. The van der Waals surface area contributed by atoms with Gasteiger partial charge in [-0.25, -0.2) is 0 Å². The number of hydrogen-bond donors (Lipinski definition) is 4. The maximum atomic E-state index is 12.2. The zero-order valence-corrected chi connectivity index (χ0v) is 11.3. The van der Waals surface area contributed by atoms with Crippen LogP contribution in [0.15, 0.2) is 35.8 Å². The summed E-state index contributed by atoms with van der Waals surface area (Å²) in [5.74, 6) is -1.14. The molecule has 0 spiro atoms. The van der Waals surface area contributed by atoms with Crippen molar-refractivity contribution < 1.29 is 22.7 Å². The Bertz CT molecular complexity index is 605. The highest BCUT2D eigenvalue weighted by molar-refractivity contribution is 7.81. The van der Waals surface area contributed by atoms with Gasteiger partial charge in [-0.3, -0.25) is 9.69 Å². The van der Waals surface area contributed by atoms with Crippen LogP contribution in [0.25, 0.3) is 0 Å². The molecule has 5 N–H and O–H groups in total. The minimum atomic E-state index is -4.81. The number of hydrogen-bond acceptors (Lipinski definition) is 6. The predicted octanol–water partition coefficient (Wildman–Crippen LogP) is 0.821. The average molecular weight is 320 g/mol. The molecule has 0 fully saturated rings. The van der Waals surface area contributed by atoms with Crippen molar-refractivity contribution in [2.45, 2.75) is 11.9 Å². The Balaban J connectivity index is 2.37. The van der Waals surface area contributed by atoms with Gasteiger partial charge in [-0.1, -0.05) is 6.07 Å². The van der Waals surface area contributed by atoms with E-state index < -0.39 is 23.5 Å². The van der Waals surface area contributed by atoms with E-state index in [1.807, 2.05) is 0 Å². The molecule has 0 bridgehead atoms. The molecule has 21 heavy (non-hydrogen) atoms. The number of nitrogens with zero attached hydrogens (tertiary/aromatic N) is 1. The predicted molar refractivity (Wildman–Crippen MR) is 71.9 cm³/mol. The molecule has 114 valence electrons. The van der Waals surface area contributed by atoms with Gasteiger partial charge in [-0.2, -0.15) is 0 Å². The van der Waals surface area contributed by atoms with E-state index in [0.29, 0.717) is 0 Å². The minimum Gasteiger partial charge on any atom is -0.406 e. The highest BCUT2D eigenvalue weighted by Crippen LogP contribution is 2.30. The Kier molecular flexibility index (Phi) is 3.81. The fourth-order valence-corrected chi connectivity index (χ4v) is 2.12. The van der Waals surface area contributed by atoms with Crippen LogP contribution in [-0.2, 0) is 4.79 Å². The molecule has 1 aromatic rings. The largest absolute Gasteiger partial charge is 0.573 e. The van der Waals surface area contributed by atoms with Gasteiger partial charge in [-0.15, -0.1) is 25.8 Å². The van der Waals surface area contributed by atoms with Crippen molar-refractivity contribution in [1.82, 2.24) is 5.32 Å². The summed E-state index contributed by atoms with van der Waals surface area (Å²) >= 11 is 4.11. The quantitative estimate of drug-likeness (QED) is 0.606. The Labute approximate surface area is 122 Å².